The van der Waals surface area contributed by atoms with Gasteiger partial charge in [-0.1, -0.05) is 126 Å². The van der Waals surface area contributed by atoms with Gasteiger partial charge in [0, 0.05) is 16.2 Å². The van der Waals surface area contributed by atoms with Crippen molar-refractivity contribution in [2.45, 2.75) is 57.8 Å². The minimum absolute atomic E-state index is 0.217. The van der Waals surface area contributed by atoms with Gasteiger partial charge in [-0.3, -0.25) is 0 Å². The van der Waals surface area contributed by atoms with Crippen LogP contribution in [-0.4, -0.2) is 0 Å². The van der Waals surface area contributed by atoms with Gasteiger partial charge < -0.3 is 0 Å². The lowest BCUT2D eigenvalue weighted by atomic mass is 9.72. The Hall–Kier alpha value is -6.74. The van der Waals surface area contributed by atoms with Crippen LogP contribution < -0.4 is 0 Å². The number of benzene rings is 8. The predicted molar refractivity (Wildman–Crippen MR) is 234 cm³/mol. The minimum atomic E-state index is -0.243. The number of hydrogen-bond donors (Lipinski definition) is 0. The highest BCUT2D eigenvalue weighted by molar-refractivity contribution is 6.12. The fraction of sp³-hybridized carbons (Fsp3) is 0.164. The molecule has 0 aromatic heterocycles. The second kappa shape index (κ2) is 11.2. The largest absolute Gasteiger partial charge is 0.192 e. The van der Waals surface area contributed by atoms with Gasteiger partial charge in [0.15, 0.2) is 0 Å². The fourth-order valence-electron chi connectivity index (χ4n) is 11.1. The van der Waals surface area contributed by atoms with E-state index < -0.39 is 0 Å². The van der Waals surface area contributed by atoms with Crippen molar-refractivity contribution in [3.63, 3.8) is 0 Å². The average Bonchev–Trinajstić information content (AvgIpc) is 3.71. The first kappa shape index (κ1) is 33.6. The molecule has 270 valence electrons. The third-order valence-electron chi connectivity index (χ3n) is 13.9. The van der Waals surface area contributed by atoms with Crippen LogP contribution in [0.25, 0.3) is 77.2 Å². The second-order valence-corrected chi connectivity index (χ2v) is 17.9. The fourth-order valence-corrected chi connectivity index (χ4v) is 11.1. The maximum Gasteiger partial charge on any atom is 0.0991 e. The summed E-state index contributed by atoms with van der Waals surface area (Å²) in [6.07, 6.45) is 0. The van der Waals surface area contributed by atoms with Gasteiger partial charge in [0.1, 0.15) is 0 Å². The van der Waals surface area contributed by atoms with E-state index in [1.54, 1.807) is 0 Å². The molecule has 8 aromatic carbocycles. The molecule has 0 amide bonds. The summed E-state index contributed by atoms with van der Waals surface area (Å²) in [5, 5.41) is 24.0. The number of hydrogen-bond acceptors (Lipinski definition) is 2. The Morgan fingerprint density at radius 2 is 0.737 bits per heavy atom. The van der Waals surface area contributed by atoms with E-state index in [4.69, 9.17) is 0 Å². The topological polar surface area (TPSA) is 47.6 Å². The van der Waals surface area contributed by atoms with E-state index >= 15 is 0 Å². The van der Waals surface area contributed by atoms with Crippen molar-refractivity contribution < 1.29 is 0 Å². The monoisotopic (exact) mass is 728 g/mol. The van der Waals surface area contributed by atoms with Crippen molar-refractivity contribution in [1.82, 2.24) is 0 Å². The normalized spacial score (nSPS) is 15.6. The molecule has 0 radical (unpaired) electrons. The van der Waals surface area contributed by atoms with Crippen LogP contribution in [0, 0.1) is 22.7 Å². The Labute approximate surface area is 334 Å². The molecule has 0 fully saturated rings. The number of rotatable bonds is 2. The van der Waals surface area contributed by atoms with E-state index in [2.05, 4.69) is 163 Å². The molecule has 0 unspecified atom stereocenters. The van der Waals surface area contributed by atoms with Crippen molar-refractivity contribution >= 4 is 21.5 Å². The highest BCUT2D eigenvalue weighted by atomic mass is 14.5. The van der Waals surface area contributed by atoms with Crippen molar-refractivity contribution in [3.05, 3.63) is 178 Å². The van der Waals surface area contributed by atoms with Gasteiger partial charge in [-0.2, -0.15) is 10.5 Å². The summed E-state index contributed by atoms with van der Waals surface area (Å²) in [5.74, 6) is 0. The molecule has 0 bridgehead atoms. The molecule has 0 atom stereocenters. The van der Waals surface area contributed by atoms with Gasteiger partial charge >= 0.3 is 0 Å². The molecule has 0 N–H and O–H groups in total. The predicted octanol–water partition coefficient (Wildman–Crippen LogP) is 14.0. The summed E-state index contributed by atoms with van der Waals surface area (Å²) >= 11 is 0. The molecule has 8 aromatic rings. The molecule has 0 saturated heterocycles. The van der Waals surface area contributed by atoms with Crippen LogP contribution in [0.2, 0.25) is 0 Å². The maximum absolute atomic E-state index is 9.51. The molecule has 0 saturated carbocycles. The van der Waals surface area contributed by atoms with Crippen molar-refractivity contribution in [2.24, 2.45) is 0 Å². The van der Waals surface area contributed by atoms with E-state index in [1.165, 1.54) is 99.4 Å². The van der Waals surface area contributed by atoms with Gasteiger partial charge in [0.05, 0.1) is 23.3 Å². The van der Waals surface area contributed by atoms with Crippen LogP contribution >= 0.6 is 0 Å². The van der Waals surface area contributed by atoms with E-state index in [-0.39, 0.29) is 16.2 Å². The summed E-state index contributed by atoms with van der Waals surface area (Å²) in [5.41, 5.74) is 21.8. The molecule has 0 aliphatic heterocycles. The van der Waals surface area contributed by atoms with Crippen LogP contribution in [-0.2, 0) is 16.2 Å². The molecule has 0 spiro atoms. The zero-order valence-electron chi connectivity index (χ0n) is 33.1. The molecule has 3 aliphatic rings. The first-order valence-electron chi connectivity index (χ1n) is 20.0. The third-order valence-corrected chi connectivity index (χ3v) is 13.9. The number of nitrogens with zero attached hydrogens (tertiary/aromatic N) is 2. The lowest BCUT2D eigenvalue weighted by Crippen LogP contribution is -2.24. The molecular weight excluding hydrogens is 689 g/mol. The highest BCUT2D eigenvalue weighted by Gasteiger charge is 2.48. The molecule has 3 aliphatic carbocycles. The van der Waals surface area contributed by atoms with Crippen molar-refractivity contribution in [2.75, 3.05) is 0 Å². The first-order chi connectivity index (χ1) is 27.4. The summed E-state index contributed by atoms with van der Waals surface area (Å²) in [7, 11) is 0. The number of nitriles is 2. The Bertz CT molecular complexity index is 3190. The molecule has 2 heteroatoms. The molecule has 2 nitrogen and oxygen atoms in total. The summed E-state index contributed by atoms with van der Waals surface area (Å²) in [4.78, 5) is 0. The average molecular weight is 729 g/mol. The van der Waals surface area contributed by atoms with Gasteiger partial charge in [-0.15, -0.1) is 0 Å². The van der Waals surface area contributed by atoms with Crippen molar-refractivity contribution in [1.29, 1.82) is 10.5 Å². The lowest BCUT2D eigenvalue weighted by Gasteiger charge is -2.31. The molecule has 57 heavy (non-hydrogen) atoms. The summed E-state index contributed by atoms with van der Waals surface area (Å²) < 4.78 is 0. The zero-order chi connectivity index (χ0) is 39.2. The Kier molecular flexibility index (Phi) is 6.59. The highest BCUT2D eigenvalue weighted by Crippen LogP contribution is 2.63. The lowest BCUT2D eigenvalue weighted by molar-refractivity contribution is 0.601. The Morgan fingerprint density at radius 3 is 1.26 bits per heavy atom. The van der Waals surface area contributed by atoms with Crippen LogP contribution in [0.4, 0.5) is 0 Å². The van der Waals surface area contributed by atoms with Crippen molar-refractivity contribution in [3.8, 4) is 67.8 Å². The minimum Gasteiger partial charge on any atom is -0.192 e. The van der Waals surface area contributed by atoms with Crippen LogP contribution in [0.1, 0.15) is 86.1 Å². The third kappa shape index (κ3) is 4.28. The summed E-state index contributed by atoms with van der Waals surface area (Å²) in [6.45, 7) is 14.5. The first-order valence-corrected chi connectivity index (χ1v) is 20.0. The van der Waals surface area contributed by atoms with Gasteiger partial charge in [0.2, 0.25) is 0 Å². The van der Waals surface area contributed by atoms with Crippen LogP contribution in [0.5, 0.6) is 0 Å². The van der Waals surface area contributed by atoms with Gasteiger partial charge in [-0.25, -0.2) is 0 Å². The van der Waals surface area contributed by atoms with E-state index in [9.17, 15) is 10.5 Å². The van der Waals surface area contributed by atoms with Crippen LogP contribution in [0.3, 0.4) is 0 Å². The van der Waals surface area contributed by atoms with Gasteiger partial charge in [0.25, 0.3) is 0 Å². The van der Waals surface area contributed by atoms with E-state index in [1.807, 2.05) is 24.3 Å². The second-order valence-electron chi connectivity index (χ2n) is 17.9. The van der Waals surface area contributed by atoms with Gasteiger partial charge in [-0.05, 0) is 159 Å². The SMILES string of the molecule is CC1(C)c2cc3c(cc2-c2c1cc(-c1ccc(C#N)cc1)c1ccccc21)C(C)(C)c1c-3ccc2c1C(C)(C)c1cc(-c3ccc(C#N)cc3)c3ccccc3c1-2. The molecular formula is C55H40N2. The zero-order valence-corrected chi connectivity index (χ0v) is 33.1. The van der Waals surface area contributed by atoms with E-state index in [0.29, 0.717) is 11.1 Å². The molecule has 0 heterocycles. The smallest absolute Gasteiger partial charge is 0.0991 e. The Morgan fingerprint density at radius 1 is 0.351 bits per heavy atom. The maximum atomic E-state index is 9.51. The Balaban J connectivity index is 1.11. The van der Waals surface area contributed by atoms with Crippen LogP contribution in [0.15, 0.2) is 133 Å². The quantitative estimate of drug-likeness (QED) is 0.178. The standard InChI is InChI=1S/C55H40N2/c1-53(2)46-27-43-39-23-24-40-49-37-13-9-7-11-35(37)42(34-21-17-32(30-57)18-22-34)26-48(49)55(5,6)52(40)51(39)54(3,4)45(43)28-44(46)50-38-14-10-8-12-36(38)41(25-47(50)53)33-19-15-31(29-56)16-20-33/h7-28H,1-6H3. The van der Waals surface area contributed by atoms with E-state index in [0.717, 1.165) is 11.1 Å². The number of fused-ring (bicyclic) bond motifs is 14. The summed E-state index contributed by atoms with van der Waals surface area (Å²) in [6, 6.07) is 53.1. The molecule has 11 rings (SSSR count).